The molecule has 0 atom stereocenters. The summed E-state index contributed by atoms with van der Waals surface area (Å²) >= 11 is 6.01. The van der Waals surface area contributed by atoms with Gasteiger partial charge in [-0.15, -0.1) is 0 Å². The van der Waals surface area contributed by atoms with Crippen molar-refractivity contribution in [2.24, 2.45) is 5.41 Å². The van der Waals surface area contributed by atoms with E-state index in [0.717, 1.165) is 9.36 Å². The van der Waals surface area contributed by atoms with Crippen molar-refractivity contribution < 1.29 is 4.79 Å². The third-order valence-electron chi connectivity index (χ3n) is 2.85. The van der Waals surface area contributed by atoms with Crippen LogP contribution in [0, 0.1) is 5.41 Å². The van der Waals surface area contributed by atoms with Gasteiger partial charge in [0, 0.05) is 5.41 Å². The molecule has 2 aromatic rings. The van der Waals surface area contributed by atoms with E-state index in [0.29, 0.717) is 10.7 Å². The third-order valence-corrected chi connectivity index (χ3v) is 3.17. The van der Waals surface area contributed by atoms with Crippen molar-refractivity contribution in [3.63, 3.8) is 0 Å². The van der Waals surface area contributed by atoms with Crippen LogP contribution in [-0.4, -0.2) is 25.6 Å². The molecule has 6 nitrogen and oxygen atoms in total. The monoisotopic (exact) mass is 294 g/mol. The van der Waals surface area contributed by atoms with Gasteiger partial charge in [-0.3, -0.25) is 4.79 Å². The van der Waals surface area contributed by atoms with Crippen LogP contribution in [0.2, 0.25) is 5.02 Å². The van der Waals surface area contributed by atoms with E-state index in [1.54, 1.807) is 45.0 Å². The first-order chi connectivity index (χ1) is 9.30. The van der Waals surface area contributed by atoms with E-state index in [1.807, 2.05) is 0 Å². The van der Waals surface area contributed by atoms with Crippen LogP contribution in [0.15, 0.2) is 29.1 Å². The summed E-state index contributed by atoms with van der Waals surface area (Å²) in [6.45, 7) is 5.27. The molecular weight excluding hydrogens is 280 g/mol. The van der Waals surface area contributed by atoms with E-state index in [9.17, 15) is 9.59 Å². The molecule has 0 unspecified atom stereocenters. The molecule has 20 heavy (non-hydrogen) atoms. The van der Waals surface area contributed by atoms with Gasteiger partial charge in [-0.2, -0.15) is 9.36 Å². The summed E-state index contributed by atoms with van der Waals surface area (Å²) in [5.74, 6) is -0.0918. The summed E-state index contributed by atoms with van der Waals surface area (Å²) in [6, 6.07) is 6.81. The topological polar surface area (TPSA) is 69.8 Å². The molecule has 106 valence electrons. The van der Waals surface area contributed by atoms with Crippen LogP contribution in [-0.2, 0) is 11.3 Å². The van der Waals surface area contributed by atoms with Gasteiger partial charge in [0.2, 0.25) is 0 Å². The van der Waals surface area contributed by atoms with Gasteiger partial charge < -0.3 is 0 Å². The lowest BCUT2D eigenvalue weighted by atomic mass is 9.91. The van der Waals surface area contributed by atoms with Gasteiger partial charge >= 0.3 is 5.69 Å². The van der Waals surface area contributed by atoms with Crippen LogP contribution < -0.4 is 5.69 Å². The molecule has 0 aliphatic rings. The predicted molar refractivity (Wildman–Crippen MR) is 75.1 cm³/mol. The van der Waals surface area contributed by atoms with Crippen LogP contribution in [0.3, 0.4) is 0 Å². The minimum Gasteiger partial charge on any atom is -0.297 e. The van der Waals surface area contributed by atoms with E-state index in [-0.39, 0.29) is 12.3 Å². The van der Waals surface area contributed by atoms with Crippen molar-refractivity contribution in [1.82, 2.24) is 19.8 Å². The zero-order valence-corrected chi connectivity index (χ0v) is 12.3. The third kappa shape index (κ3) is 2.80. The van der Waals surface area contributed by atoms with Gasteiger partial charge in [0.15, 0.2) is 5.78 Å². The van der Waals surface area contributed by atoms with Crippen molar-refractivity contribution in [3.8, 4) is 5.69 Å². The highest BCUT2D eigenvalue weighted by Gasteiger charge is 2.23. The number of carbonyl (C=O) groups excluding carboxylic acids is 1. The van der Waals surface area contributed by atoms with Crippen LogP contribution >= 0.6 is 11.6 Å². The SMILES string of the molecule is CC(C)(C)C(=O)Cn1nnn(-c2ccccc2Cl)c1=O. The second-order valence-electron chi connectivity index (χ2n) is 5.46. The Hall–Kier alpha value is -1.95. The molecule has 0 fully saturated rings. The average molecular weight is 295 g/mol. The average Bonchev–Trinajstić information content (AvgIpc) is 2.71. The van der Waals surface area contributed by atoms with E-state index in [1.165, 1.54) is 0 Å². The van der Waals surface area contributed by atoms with Gasteiger partial charge in [0.1, 0.15) is 6.54 Å². The Bertz CT molecular complexity index is 697. The summed E-state index contributed by atoms with van der Waals surface area (Å²) in [5.41, 5.74) is -0.586. The normalized spacial score (nSPS) is 11.6. The zero-order chi connectivity index (χ0) is 14.9. The summed E-state index contributed by atoms with van der Waals surface area (Å²) in [5, 5.41) is 7.88. The first-order valence-electron chi connectivity index (χ1n) is 6.12. The first kappa shape index (κ1) is 14.5. The maximum absolute atomic E-state index is 12.2. The Labute approximate surface area is 120 Å². The van der Waals surface area contributed by atoms with Gasteiger partial charge in [-0.05, 0) is 22.6 Å². The standard InChI is InChI=1S/C13H15ClN4O2/c1-13(2,3)11(19)8-17-12(20)18(16-15-17)10-7-5-4-6-9(10)14/h4-7H,8H2,1-3H3. The van der Waals surface area contributed by atoms with Gasteiger partial charge in [-0.1, -0.05) is 44.5 Å². The Balaban J connectivity index is 2.36. The number of rotatable bonds is 3. The van der Waals surface area contributed by atoms with Gasteiger partial charge in [0.25, 0.3) is 0 Å². The smallest absolute Gasteiger partial charge is 0.297 e. The summed E-state index contributed by atoms with van der Waals surface area (Å²) in [4.78, 5) is 24.1. The minimum atomic E-state index is -0.534. The molecule has 1 heterocycles. The lowest BCUT2D eigenvalue weighted by molar-refractivity contribution is -0.127. The molecular formula is C13H15ClN4O2. The number of Topliss-reactive ketones (excluding diaryl/α,β-unsaturated/α-hetero) is 1. The predicted octanol–water partition coefficient (Wildman–Crippen LogP) is 1.70. The second-order valence-corrected chi connectivity index (χ2v) is 5.86. The van der Waals surface area contributed by atoms with Crippen LogP contribution in [0.4, 0.5) is 0 Å². The Morgan fingerprint density at radius 1 is 1.25 bits per heavy atom. The molecule has 0 amide bonds. The number of para-hydroxylation sites is 1. The van der Waals surface area contributed by atoms with E-state index >= 15 is 0 Å². The lowest BCUT2D eigenvalue weighted by Gasteiger charge is -2.15. The molecule has 0 N–H and O–H groups in total. The summed E-state index contributed by atoms with van der Waals surface area (Å²) in [6.07, 6.45) is 0. The lowest BCUT2D eigenvalue weighted by Crippen LogP contribution is -2.32. The number of benzene rings is 1. The molecule has 0 bridgehead atoms. The van der Waals surface area contributed by atoms with Crippen LogP contribution in [0.5, 0.6) is 0 Å². The van der Waals surface area contributed by atoms with Crippen molar-refractivity contribution in [2.75, 3.05) is 0 Å². The van der Waals surface area contributed by atoms with Crippen LogP contribution in [0.1, 0.15) is 20.8 Å². The maximum Gasteiger partial charge on any atom is 0.368 e. The molecule has 1 aromatic heterocycles. The number of nitrogens with zero attached hydrogens (tertiary/aromatic N) is 4. The highest BCUT2D eigenvalue weighted by Crippen LogP contribution is 2.17. The fraction of sp³-hybridized carbons (Fsp3) is 0.385. The van der Waals surface area contributed by atoms with Crippen molar-refractivity contribution in [2.45, 2.75) is 27.3 Å². The minimum absolute atomic E-state index is 0.0918. The van der Waals surface area contributed by atoms with E-state index in [2.05, 4.69) is 10.4 Å². The molecule has 0 aliphatic carbocycles. The number of aromatic nitrogens is 4. The maximum atomic E-state index is 12.2. The number of hydrogen-bond donors (Lipinski definition) is 0. The fourth-order valence-electron chi connectivity index (χ4n) is 1.52. The molecule has 0 saturated carbocycles. The molecule has 0 aliphatic heterocycles. The molecule has 0 radical (unpaired) electrons. The van der Waals surface area contributed by atoms with E-state index < -0.39 is 11.1 Å². The Kier molecular flexibility index (Phi) is 3.76. The molecule has 7 heteroatoms. The molecule has 0 saturated heterocycles. The van der Waals surface area contributed by atoms with E-state index in [4.69, 9.17) is 11.6 Å². The van der Waals surface area contributed by atoms with Gasteiger partial charge in [-0.25, -0.2) is 4.79 Å². The van der Waals surface area contributed by atoms with Gasteiger partial charge in [0.05, 0.1) is 10.7 Å². The highest BCUT2D eigenvalue weighted by atomic mass is 35.5. The molecule has 0 spiro atoms. The largest absolute Gasteiger partial charge is 0.368 e. The number of carbonyl (C=O) groups is 1. The number of ketones is 1. The first-order valence-corrected chi connectivity index (χ1v) is 6.49. The van der Waals surface area contributed by atoms with Crippen molar-refractivity contribution in [3.05, 3.63) is 39.8 Å². The molecule has 2 rings (SSSR count). The number of halogens is 1. The Morgan fingerprint density at radius 2 is 1.90 bits per heavy atom. The summed E-state index contributed by atoms with van der Waals surface area (Å²) < 4.78 is 2.12. The molecule has 1 aromatic carbocycles. The zero-order valence-electron chi connectivity index (χ0n) is 11.5. The quantitative estimate of drug-likeness (QED) is 0.864. The Morgan fingerprint density at radius 3 is 2.50 bits per heavy atom. The van der Waals surface area contributed by atoms with Crippen molar-refractivity contribution >= 4 is 17.4 Å². The van der Waals surface area contributed by atoms with Crippen LogP contribution in [0.25, 0.3) is 5.69 Å². The number of hydrogen-bond acceptors (Lipinski definition) is 4. The summed E-state index contributed by atoms with van der Waals surface area (Å²) in [7, 11) is 0. The fourth-order valence-corrected chi connectivity index (χ4v) is 1.74. The number of tetrazole rings is 1. The van der Waals surface area contributed by atoms with Crippen molar-refractivity contribution in [1.29, 1.82) is 0 Å². The second kappa shape index (κ2) is 5.20. The highest BCUT2D eigenvalue weighted by molar-refractivity contribution is 6.32.